The third kappa shape index (κ3) is 7.37. The molecule has 0 heterocycles. The van der Waals surface area contributed by atoms with Gasteiger partial charge in [-0.3, -0.25) is 0 Å². The molecule has 0 spiro atoms. The van der Waals surface area contributed by atoms with Crippen molar-refractivity contribution in [1.29, 1.82) is 0 Å². The van der Waals surface area contributed by atoms with Gasteiger partial charge >= 0.3 is 26.0 Å². The molecule has 1 aromatic carbocycles. The predicted molar refractivity (Wildman–Crippen MR) is 81.7 cm³/mol. The van der Waals surface area contributed by atoms with E-state index >= 15 is 0 Å². The summed E-state index contributed by atoms with van der Waals surface area (Å²) in [4.78, 5) is 0. The second-order valence-corrected chi connectivity index (χ2v) is 5.55. The van der Waals surface area contributed by atoms with Crippen LogP contribution in [0.3, 0.4) is 0 Å². The molecule has 0 bridgehead atoms. The molecule has 0 aliphatic carbocycles. The van der Waals surface area contributed by atoms with Crippen LogP contribution in [0.5, 0.6) is 5.75 Å². The molecule has 0 aliphatic rings. The molecule has 2 N–H and O–H groups in total. The largest absolute Gasteiger partial charge is 1.00 e. The van der Waals surface area contributed by atoms with Crippen molar-refractivity contribution in [2.24, 2.45) is 0 Å². The van der Waals surface area contributed by atoms with Crippen LogP contribution in [0.1, 0.15) is 46.1 Å². The first-order chi connectivity index (χ1) is 9.18. The van der Waals surface area contributed by atoms with Crippen molar-refractivity contribution in [3.8, 4) is 5.75 Å². The third-order valence-corrected chi connectivity index (χ3v) is 2.76. The number of rotatable bonds is 3. The maximum Gasteiger partial charge on any atom is 1.00 e. The molecule has 0 atom stereocenters. The summed E-state index contributed by atoms with van der Waals surface area (Å²) in [5, 5.41) is 18.3. The summed E-state index contributed by atoms with van der Waals surface area (Å²) in [6.45, 7) is 11.3. The van der Waals surface area contributed by atoms with Crippen molar-refractivity contribution in [2.75, 3.05) is 7.11 Å². The zero-order valence-corrected chi connectivity index (χ0v) is 14.0. The summed E-state index contributed by atoms with van der Waals surface area (Å²) < 4.78 is 18.6. The van der Waals surface area contributed by atoms with E-state index in [0.29, 0.717) is 5.56 Å². The van der Waals surface area contributed by atoms with Crippen LogP contribution < -0.4 is 29.1 Å². The van der Waals surface area contributed by atoms with E-state index in [9.17, 15) is 4.39 Å². The Bertz CT molecular complexity index is 418. The van der Waals surface area contributed by atoms with E-state index in [1.807, 2.05) is 20.8 Å². The standard InChI is InChI=1S/C11H16BFO3.C4H9.Li/c1-11(2,3)7-5-8(12(14)15)10(16-4)6-9(7)13;1-3-4-2;/h5-6,14-15H,1-4H3;1,3-4H2,2H3;/q;-1;+1. The number of methoxy groups -OCH3 is 1. The van der Waals surface area contributed by atoms with Gasteiger partial charge < -0.3 is 21.7 Å². The van der Waals surface area contributed by atoms with Gasteiger partial charge in [-0.25, -0.2) is 4.39 Å². The number of halogens is 1. The summed E-state index contributed by atoms with van der Waals surface area (Å²) >= 11 is 0. The van der Waals surface area contributed by atoms with Gasteiger partial charge in [-0.15, -0.1) is 0 Å². The Balaban J connectivity index is 0. The van der Waals surface area contributed by atoms with E-state index in [1.54, 1.807) is 0 Å². The zero-order valence-electron chi connectivity index (χ0n) is 14.0. The van der Waals surface area contributed by atoms with Crippen molar-refractivity contribution in [1.82, 2.24) is 0 Å². The van der Waals surface area contributed by atoms with Gasteiger partial charge in [0.05, 0.1) is 7.11 Å². The van der Waals surface area contributed by atoms with Crippen LogP contribution in [0.25, 0.3) is 0 Å². The fourth-order valence-corrected chi connectivity index (χ4v) is 1.53. The van der Waals surface area contributed by atoms with E-state index in [1.165, 1.54) is 25.7 Å². The molecule has 3 nitrogen and oxygen atoms in total. The molecule has 6 heteroatoms. The van der Waals surface area contributed by atoms with E-state index in [4.69, 9.17) is 14.8 Å². The molecule has 114 valence electrons. The van der Waals surface area contributed by atoms with Gasteiger partial charge in [-0.05, 0) is 11.0 Å². The minimum absolute atomic E-state index is 0. The molecule has 0 radical (unpaired) electrons. The molecule has 1 rings (SSSR count). The molecule has 0 fully saturated rings. The van der Waals surface area contributed by atoms with Crippen molar-refractivity contribution in [3.05, 3.63) is 30.4 Å². The van der Waals surface area contributed by atoms with Crippen LogP contribution in [-0.4, -0.2) is 24.3 Å². The molecule has 0 aromatic heterocycles. The van der Waals surface area contributed by atoms with Crippen LogP contribution in [0, 0.1) is 12.7 Å². The molecular weight excluding hydrogens is 265 g/mol. The molecule has 21 heavy (non-hydrogen) atoms. The van der Waals surface area contributed by atoms with Gasteiger partial charge in [0, 0.05) is 11.5 Å². The zero-order chi connectivity index (χ0) is 15.9. The van der Waals surface area contributed by atoms with E-state index in [2.05, 4.69) is 13.8 Å². The number of hydrogen-bond donors (Lipinski definition) is 2. The number of unbranched alkanes of at least 4 members (excludes halogenated alkanes) is 1. The predicted octanol–water partition coefficient (Wildman–Crippen LogP) is -0.564. The van der Waals surface area contributed by atoms with Crippen molar-refractivity contribution in [2.45, 2.75) is 46.0 Å². The van der Waals surface area contributed by atoms with Gasteiger partial charge in [0.25, 0.3) is 0 Å². The van der Waals surface area contributed by atoms with Crippen LogP contribution in [0.15, 0.2) is 12.1 Å². The van der Waals surface area contributed by atoms with E-state index < -0.39 is 18.4 Å². The number of hydrogen-bond acceptors (Lipinski definition) is 3. The Labute approximate surface area is 140 Å². The molecule has 0 amide bonds. The van der Waals surface area contributed by atoms with Crippen LogP contribution in [-0.2, 0) is 5.41 Å². The average molecular weight is 290 g/mol. The van der Waals surface area contributed by atoms with Crippen molar-refractivity contribution in [3.63, 3.8) is 0 Å². The third-order valence-electron chi connectivity index (χ3n) is 2.76. The Kier molecular flexibility index (Phi) is 11.2. The number of benzene rings is 1. The Morgan fingerprint density at radius 2 is 1.76 bits per heavy atom. The van der Waals surface area contributed by atoms with E-state index in [-0.39, 0.29) is 30.1 Å². The van der Waals surface area contributed by atoms with Crippen LogP contribution >= 0.6 is 0 Å². The smallest absolute Gasteiger partial charge is 0.497 e. The monoisotopic (exact) mass is 290 g/mol. The molecule has 0 aliphatic heterocycles. The normalized spacial score (nSPS) is 10.1. The minimum atomic E-state index is -1.67. The Morgan fingerprint density at radius 1 is 1.29 bits per heavy atom. The summed E-state index contributed by atoms with van der Waals surface area (Å²) in [5.74, 6) is -0.269. The SMILES string of the molecule is COc1cc(F)c(C(C)(C)C)cc1B(O)O.[CH2-]CCC.[Li+]. The first-order valence-corrected chi connectivity index (χ1v) is 6.72. The summed E-state index contributed by atoms with van der Waals surface area (Å²) in [7, 11) is -0.311. The van der Waals surface area contributed by atoms with Crippen molar-refractivity contribution < 1.29 is 38.0 Å². The average Bonchev–Trinajstić information content (AvgIpc) is 2.36. The molecule has 0 saturated carbocycles. The quantitative estimate of drug-likeness (QED) is 0.579. The first-order valence-electron chi connectivity index (χ1n) is 6.72. The van der Waals surface area contributed by atoms with Gasteiger partial charge in [-0.2, -0.15) is 6.42 Å². The van der Waals surface area contributed by atoms with Crippen LogP contribution in [0.4, 0.5) is 4.39 Å². The van der Waals surface area contributed by atoms with Gasteiger partial charge in [-0.1, -0.05) is 40.2 Å². The Morgan fingerprint density at radius 3 is 2.05 bits per heavy atom. The summed E-state index contributed by atoms with van der Waals surface area (Å²) in [5.41, 5.74) is 0.199. The fourth-order valence-electron chi connectivity index (χ4n) is 1.53. The van der Waals surface area contributed by atoms with Crippen LogP contribution in [0.2, 0.25) is 0 Å². The second kappa shape index (κ2) is 10.3. The topological polar surface area (TPSA) is 49.7 Å². The molecule has 1 aromatic rings. The summed E-state index contributed by atoms with van der Waals surface area (Å²) in [6, 6.07) is 2.61. The number of ether oxygens (including phenoxy) is 1. The minimum Gasteiger partial charge on any atom is -0.497 e. The van der Waals surface area contributed by atoms with Crippen molar-refractivity contribution >= 4 is 12.6 Å². The molecule has 0 saturated heterocycles. The van der Waals surface area contributed by atoms with E-state index in [0.717, 1.165) is 6.42 Å². The molecule has 0 unspecified atom stereocenters. The summed E-state index contributed by atoms with van der Waals surface area (Å²) in [6.07, 6.45) is 2.28. The molecular formula is C15H25BFLiO3. The second-order valence-electron chi connectivity index (χ2n) is 5.55. The maximum atomic E-state index is 13.7. The Hall–Kier alpha value is -0.468. The maximum absolute atomic E-state index is 13.7. The fraction of sp³-hybridized carbons (Fsp3) is 0.533. The van der Waals surface area contributed by atoms with Gasteiger partial charge in [0.2, 0.25) is 0 Å². The van der Waals surface area contributed by atoms with Gasteiger partial charge in [0.1, 0.15) is 11.6 Å². The van der Waals surface area contributed by atoms with Gasteiger partial charge in [0.15, 0.2) is 0 Å². The first kappa shape index (κ1) is 22.8.